The number of epoxide rings is 1. The normalized spacial score (nSPS) is 47.3. The molecule has 2 amide bonds. The van der Waals surface area contributed by atoms with Gasteiger partial charge >= 0.3 is 5.97 Å². The molecule has 0 N–H and O–H groups in total. The zero-order chi connectivity index (χ0) is 19.2. The molecule has 0 aromatic heterocycles. The first-order valence-corrected chi connectivity index (χ1v) is 10.4. The Morgan fingerprint density at radius 3 is 2.41 bits per heavy atom. The first-order valence-electron chi connectivity index (χ1n) is 10.4. The fourth-order valence-corrected chi connectivity index (χ4v) is 6.48. The Balaban J connectivity index is 1.34. The molecular weight excluding hydrogens is 346 g/mol. The summed E-state index contributed by atoms with van der Waals surface area (Å²) in [5.41, 5.74) is 0.308. The van der Waals surface area contributed by atoms with E-state index in [2.05, 4.69) is 20.8 Å². The zero-order valence-corrected chi connectivity index (χ0v) is 16.5. The standard InChI is InChI=1S/C21H29NO5/c1-19(2)10-13-12(19)6-8-20(3)15(26-20)7-9-21(13)11-14(21)18(25)27-22-16(23)4-5-17(22)24/h12-15H,4-11H2,1-3H3/t12-,13?,14-,15?,20-,21?/m0/s1. The van der Waals surface area contributed by atoms with Gasteiger partial charge in [-0.3, -0.25) is 9.59 Å². The number of carbonyl (C=O) groups is 3. The molecule has 2 aliphatic heterocycles. The maximum atomic E-state index is 12.8. The second kappa shape index (κ2) is 5.34. The molecule has 2 saturated heterocycles. The number of ether oxygens (including phenoxy) is 1. The molecule has 5 aliphatic rings. The Kier molecular flexibility index (Phi) is 3.49. The van der Waals surface area contributed by atoms with Crippen molar-refractivity contribution < 1.29 is 24.0 Å². The van der Waals surface area contributed by atoms with Gasteiger partial charge in [-0.25, -0.2) is 4.79 Å². The molecular formula is C21H29NO5. The molecule has 0 aromatic rings. The third kappa shape index (κ3) is 2.51. The summed E-state index contributed by atoms with van der Waals surface area (Å²) in [7, 11) is 0. The average molecular weight is 375 g/mol. The van der Waals surface area contributed by atoms with Crippen molar-refractivity contribution in [1.29, 1.82) is 0 Å². The number of hydroxylamine groups is 2. The van der Waals surface area contributed by atoms with Gasteiger partial charge in [0.05, 0.1) is 17.6 Å². The van der Waals surface area contributed by atoms with E-state index < -0.39 is 11.8 Å². The summed E-state index contributed by atoms with van der Waals surface area (Å²) in [6, 6.07) is 0. The lowest BCUT2D eigenvalue weighted by molar-refractivity contribution is -0.200. The molecule has 5 fully saturated rings. The van der Waals surface area contributed by atoms with Crippen LogP contribution in [0.2, 0.25) is 0 Å². The molecule has 6 nitrogen and oxygen atoms in total. The van der Waals surface area contributed by atoms with Gasteiger partial charge in [-0.2, -0.15) is 0 Å². The Morgan fingerprint density at radius 2 is 1.74 bits per heavy atom. The summed E-state index contributed by atoms with van der Waals surface area (Å²) < 4.78 is 6.00. The van der Waals surface area contributed by atoms with Crippen LogP contribution >= 0.6 is 0 Å². The summed E-state index contributed by atoms with van der Waals surface area (Å²) in [5.74, 6) is -0.239. The predicted molar refractivity (Wildman–Crippen MR) is 94.8 cm³/mol. The number of rotatable bonds is 2. The Bertz CT molecular complexity index is 716. The summed E-state index contributed by atoms with van der Waals surface area (Å²) >= 11 is 0. The van der Waals surface area contributed by atoms with Gasteiger partial charge in [-0.1, -0.05) is 13.8 Å². The average Bonchev–Trinajstić information content (AvgIpc) is 3.45. The monoisotopic (exact) mass is 375 g/mol. The first-order chi connectivity index (χ1) is 12.7. The van der Waals surface area contributed by atoms with E-state index in [9.17, 15) is 14.4 Å². The van der Waals surface area contributed by atoms with E-state index in [4.69, 9.17) is 9.57 Å². The fourth-order valence-electron chi connectivity index (χ4n) is 6.48. The molecule has 0 radical (unpaired) electrons. The van der Waals surface area contributed by atoms with Crippen molar-refractivity contribution >= 4 is 17.8 Å². The third-order valence-electron chi connectivity index (χ3n) is 8.42. The van der Waals surface area contributed by atoms with E-state index >= 15 is 0 Å². The van der Waals surface area contributed by atoms with Gasteiger partial charge in [0, 0.05) is 12.8 Å². The number of hydrogen-bond donors (Lipinski definition) is 0. The van der Waals surface area contributed by atoms with E-state index in [0.717, 1.165) is 38.5 Å². The number of nitrogens with zero attached hydrogens (tertiary/aromatic N) is 1. The Hall–Kier alpha value is -1.43. The Labute approximate surface area is 159 Å². The zero-order valence-electron chi connectivity index (χ0n) is 16.5. The minimum atomic E-state index is -0.401. The lowest BCUT2D eigenvalue weighted by Gasteiger charge is -2.56. The second-order valence-corrected chi connectivity index (χ2v) is 10.4. The second-order valence-electron chi connectivity index (χ2n) is 10.4. The molecule has 27 heavy (non-hydrogen) atoms. The van der Waals surface area contributed by atoms with Crippen LogP contribution < -0.4 is 0 Å². The van der Waals surface area contributed by atoms with E-state index in [0.29, 0.717) is 28.4 Å². The van der Waals surface area contributed by atoms with Crippen LogP contribution in [0, 0.1) is 28.6 Å². The van der Waals surface area contributed by atoms with Gasteiger partial charge in [0.25, 0.3) is 11.8 Å². The van der Waals surface area contributed by atoms with E-state index in [1.54, 1.807) is 0 Å². The topological polar surface area (TPSA) is 76.2 Å². The SMILES string of the molecule is CC1(C)CC2[C@@H]1CC[C@]1(C)OC1CCC21C[C@H]1C(=O)ON1C(=O)CCC1=O. The van der Waals surface area contributed by atoms with Crippen LogP contribution in [0.25, 0.3) is 0 Å². The van der Waals surface area contributed by atoms with Gasteiger partial charge in [0.2, 0.25) is 0 Å². The largest absolute Gasteiger partial charge is 0.366 e. The van der Waals surface area contributed by atoms with E-state index in [1.807, 2.05) is 0 Å². The number of fused-ring (bicyclic) bond motifs is 3. The molecule has 3 saturated carbocycles. The summed E-state index contributed by atoms with van der Waals surface area (Å²) in [6.45, 7) is 6.90. The maximum absolute atomic E-state index is 12.8. The molecule has 0 bridgehead atoms. The van der Waals surface area contributed by atoms with Crippen LogP contribution in [0.5, 0.6) is 0 Å². The highest BCUT2D eigenvalue weighted by molar-refractivity contribution is 6.01. The first kappa shape index (κ1) is 17.7. The molecule has 6 heteroatoms. The van der Waals surface area contributed by atoms with Crippen LogP contribution in [-0.2, 0) is 24.0 Å². The van der Waals surface area contributed by atoms with Crippen molar-refractivity contribution in [1.82, 2.24) is 5.06 Å². The van der Waals surface area contributed by atoms with Crippen LogP contribution in [-0.4, -0.2) is 34.6 Å². The molecule has 6 atom stereocenters. The van der Waals surface area contributed by atoms with Crippen molar-refractivity contribution in [3.05, 3.63) is 0 Å². The summed E-state index contributed by atoms with van der Waals surface area (Å²) in [6.07, 6.45) is 6.78. The number of imide groups is 1. The number of carbonyl (C=O) groups excluding carboxylic acids is 3. The molecule has 3 unspecified atom stereocenters. The van der Waals surface area contributed by atoms with Crippen molar-refractivity contribution in [3.8, 4) is 0 Å². The van der Waals surface area contributed by atoms with Crippen molar-refractivity contribution in [3.63, 3.8) is 0 Å². The van der Waals surface area contributed by atoms with Crippen LogP contribution in [0.4, 0.5) is 0 Å². The third-order valence-corrected chi connectivity index (χ3v) is 8.42. The van der Waals surface area contributed by atoms with Gasteiger partial charge < -0.3 is 9.57 Å². The highest BCUT2D eigenvalue weighted by atomic mass is 16.7. The maximum Gasteiger partial charge on any atom is 0.336 e. The Morgan fingerprint density at radius 1 is 1.04 bits per heavy atom. The van der Waals surface area contributed by atoms with Gasteiger partial charge in [0.15, 0.2) is 0 Å². The summed E-state index contributed by atoms with van der Waals surface area (Å²) in [4.78, 5) is 41.6. The van der Waals surface area contributed by atoms with Gasteiger partial charge in [-0.15, -0.1) is 5.06 Å². The molecule has 1 spiro atoms. The number of amides is 2. The highest BCUT2D eigenvalue weighted by Crippen LogP contribution is 2.73. The molecule has 3 aliphatic carbocycles. The van der Waals surface area contributed by atoms with Crippen molar-refractivity contribution in [2.24, 2.45) is 28.6 Å². The quantitative estimate of drug-likeness (QED) is 0.548. The predicted octanol–water partition coefficient (Wildman–Crippen LogP) is 2.99. The van der Waals surface area contributed by atoms with Crippen LogP contribution in [0.1, 0.15) is 72.1 Å². The minimum Gasteiger partial charge on any atom is -0.366 e. The molecule has 5 rings (SSSR count). The lowest BCUT2D eigenvalue weighted by atomic mass is 9.49. The number of hydrogen-bond acceptors (Lipinski definition) is 5. The van der Waals surface area contributed by atoms with E-state index in [-0.39, 0.29) is 35.7 Å². The van der Waals surface area contributed by atoms with Crippen molar-refractivity contribution in [2.45, 2.75) is 83.8 Å². The van der Waals surface area contributed by atoms with Gasteiger partial charge in [0.1, 0.15) is 0 Å². The summed E-state index contributed by atoms with van der Waals surface area (Å²) in [5, 5.41) is 0.701. The lowest BCUT2D eigenvalue weighted by Crippen LogP contribution is -2.49. The van der Waals surface area contributed by atoms with E-state index in [1.165, 1.54) is 0 Å². The van der Waals surface area contributed by atoms with Gasteiger partial charge in [-0.05, 0) is 68.1 Å². The highest BCUT2D eigenvalue weighted by Gasteiger charge is 2.70. The smallest absolute Gasteiger partial charge is 0.336 e. The molecule has 2 heterocycles. The molecule has 148 valence electrons. The van der Waals surface area contributed by atoms with Crippen molar-refractivity contribution in [2.75, 3.05) is 0 Å². The molecule has 0 aromatic carbocycles. The minimum absolute atomic E-state index is 0.0275. The fraction of sp³-hybridized carbons (Fsp3) is 0.857. The van der Waals surface area contributed by atoms with Crippen LogP contribution in [0.3, 0.4) is 0 Å². The van der Waals surface area contributed by atoms with Crippen LogP contribution in [0.15, 0.2) is 0 Å².